The van der Waals surface area contributed by atoms with Crippen molar-refractivity contribution in [3.63, 3.8) is 0 Å². The molecular weight excluding hydrogens is 396 g/mol. The van der Waals surface area contributed by atoms with E-state index in [2.05, 4.69) is 0 Å². The maximum Gasteiger partial charge on any atom is 0.217 e. The fraction of sp³-hybridized carbons (Fsp3) is 0.182. The summed E-state index contributed by atoms with van der Waals surface area (Å²) in [4.78, 5) is 0.148. The number of thioether (sulfide) groups is 1. The molecule has 3 aromatic carbocycles. The molecule has 0 fully saturated rings. The van der Waals surface area contributed by atoms with Crippen LogP contribution in [0.3, 0.4) is 0 Å². The van der Waals surface area contributed by atoms with Crippen molar-refractivity contribution in [2.75, 3.05) is 21.3 Å². The lowest BCUT2D eigenvalue weighted by molar-refractivity contribution is 0.206. The lowest BCUT2D eigenvalue weighted by Gasteiger charge is -2.31. The Labute approximate surface area is 173 Å². The van der Waals surface area contributed by atoms with E-state index in [9.17, 15) is 0 Å². The molecule has 0 saturated carbocycles. The zero-order chi connectivity index (χ0) is 19.7. The van der Waals surface area contributed by atoms with Crippen molar-refractivity contribution in [3.05, 3.63) is 76.8 Å². The number of rotatable bonds is 5. The van der Waals surface area contributed by atoms with Gasteiger partial charge in [-0.3, -0.25) is 0 Å². The van der Waals surface area contributed by atoms with Gasteiger partial charge in [-0.15, -0.1) is 0 Å². The van der Waals surface area contributed by atoms with E-state index in [1.54, 1.807) is 33.1 Å². The van der Waals surface area contributed by atoms with Gasteiger partial charge in [0, 0.05) is 22.7 Å². The van der Waals surface area contributed by atoms with Crippen molar-refractivity contribution in [2.45, 2.75) is 9.83 Å². The van der Waals surface area contributed by atoms with Gasteiger partial charge in [-0.25, -0.2) is 0 Å². The lowest BCUT2D eigenvalue weighted by atomic mass is 9.98. The number of fused-ring (bicyclic) bond motifs is 1. The van der Waals surface area contributed by atoms with Gasteiger partial charge in [0.25, 0.3) is 0 Å². The molecule has 1 heterocycles. The van der Waals surface area contributed by atoms with Crippen molar-refractivity contribution in [2.24, 2.45) is 0 Å². The molecule has 0 N–H and O–H groups in total. The molecule has 1 atom stereocenters. The third-order valence-corrected chi connectivity index (χ3v) is 6.24. The van der Waals surface area contributed by atoms with Crippen LogP contribution in [0.15, 0.2) is 65.6 Å². The van der Waals surface area contributed by atoms with Crippen molar-refractivity contribution >= 4 is 23.4 Å². The van der Waals surface area contributed by atoms with Gasteiger partial charge in [0.15, 0.2) is 0 Å². The summed E-state index contributed by atoms with van der Waals surface area (Å²) >= 11 is 7.74. The second-order valence-electron chi connectivity index (χ2n) is 6.18. The predicted molar refractivity (Wildman–Crippen MR) is 111 cm³/mol. The Bertz CT molecular complexity index is 954. The Morgan fingerprint density at radius 1 is 0.857 bits per heavy atom. The first-order valence-electron chi connectivity index (χ1n) is 8.65. The first-order valence-corrected chi connectivity index (χ1v) is 9.84. The number of halogens is 1. The topological polar surface area (TPSA) is 36.9 Å². The smallest absolute Gasteiger partial charge is 0.217 e. The molecule has 4 rings (SSSR count). The first kappa shape index (κ1) is 18.8. The van der Waals surface area contributed by atoms with Crippen LogP contribution in [0.25, 0.3) is 0 Å². The molecule has 0 spiro atoms. The van der Waals surface area contributed by atoms with Gasteiger partial charge in [0.05, 0.1) is 31.8 Å². The summed E-state index contributed by atoms with van der Waals surface area (Å²) in [5, 5.41) is 0.660. The van der Waals surface area contributed by atoms with Gasteiger partial charge in [0.2, 0.25) is 4.93 Å². The highest BCUT2D eigenvalue weighted by Crippen LogP contribution is 2.60. The predicted octanol–water partition coefficient (Wildman–Crippen LogP) is 5.75. The van der Waals surface area contributed by atoms with E-state index in [1.807, 2.05) is 60.7 Å². The third kappa shape index (κ3) is 3.05. The first-order chi connectivity index (χ1) is 13.6. The Kier molecular flexibility index (Phi) is 5.04. The van der Waals surface area contributed by atoms with Gasteiger partial charge in [-0.05, 0) is 24.3 Å². The van der Waals surface area contributed by atoms with E-state index in [1.165, 1.54) is 0 Å². The summed E-state index contributed by atoms with van der Waals surface area (Å²) in [7, 11) is 4.86. The highest BCUT2D eigenvalue weighted by molar-refractivity contribution is 8.00. The Hall–Kier alpha value is -2.50. The maximum absolute atomic E-state index is 6.58. The normalized spacial score (nSPS) is 17.6. The molecular formula is C22H19ClO4S. The Morgan fingerprint density at radius 2 is 1.50 bits per heavy atom. The minimum atomic E-state index is -0.892. The second-order valence-corrected chi connectivity index (χ2v) is 7.84. The SMILES string of the molecule is COc1cc(OC)c(C2(c3ccc(Cl)cc3)Oc3ccccc3S2)c(OC)c1. The number of methoxy groups -OCH3 is 3. The average Bonchev–Trinajstić information content (AvgIpc) is 3.13. The Balaban J connectivity index is 2.00. The molecule has 1 aliphatic heterocycles. The summed E-state index contributed by atoms with van der Waals surface area (Å²) in [5.41, 5.74) is 1.71. The average molecular weight is 415 g/mol. The van der Waals surface area contributed by atoms with Gasteiger partial charge in [-0.2, -0.15) is 0 Å². The summed E-state index contributed by atoms with van der Waals surface area (Å²) in [6.07, 6.45) is 0. The zero-order valence-electron chi connectivity index (χ0n) is 15.7. The van der Waals surface area contributed by atoms with Crippen LogP contribution in [-0.2, 0) is 4.93 Å². The minimum absolute atomic E-state index is 0.617. The molecule has 0 radical (unpaired) electrons. The van der Waals surface area contributed by atoms with Crippen LogP contribution >= 0.6 is 23.4 Å². The molecule has 0 saturated heterocycles. The molecule has 3 aromatic rings. The van der Waals surface area contributed by atoms with E-state index in [0.717, 1.165) is 21.8 Å². The monoisotopic (exact) mass is 414 g/mol. The summed E-state index contributed by atoms with van der Waals surface area (Å²) < 4.78 is 23.5. The van der Waals surface area contributed by atoms with E-state index in [4.69, 9.17) is 30.5 Å². The van der Waals surface area contributed by atoms with E-state index in [0.29, 0.717) is 22.3 Å². The zero-order valence-corrected chi connectivity index (χ0v) is 17.3. The van der Waals surface area contributed by atoms with Crippen molar-refractivity contribution < 1.29 is 18.9 Å². The number of hydrogen-bond acceptors (Lipinski definition) is 5. The van der Waals surface area contributed by atoms with Gasteiger partial charge in [0.1, 0.15) is 23.0 Å². The van der Waals surface area contributed by atoms with Crippen molar-refractivity contribution in [1.82, 2.24) is 0 Å². The molecule has 28 heavy (non-hydrogen) atoms. The van der Waals surface area contributed by atoms with Crippen LogP contribution in [0.1, 0.15) is 11.1 Å². The molecule has 6 heteroatoms. The number of para-hydroxylation sites is 1. The van der Waals surface area contributed by atoms with E-state index < -0.39 is 4.93 Å². The molecule has 0 aromatic heterocycles. The molecule has 0 bridgehead atoms. The van der Waals surface area contributed by atoms with E-state index >= 15 is 0 Å². The van der Waals surface area contributed by atoms with Crippen LogP contribution in [0, 0.1) is 0 Å². The van der Waals surface area contributed by atoms with Crippen molar-refractivity contribution in [3.8, 4) is 23.0 Å². The molecule has 144 valence electrons. The molecule has 1 aliphatic rings. The molecule has 0 amide bonds. The quantitative estimate of drug-likeness (QED) is 0.531. The molecule has 0 aliphatic carbocycles. The van der Waals surface area contributed by atoms with Crippen LogP contribution in [0.2, 0.25) is 5.02 Å². The standard InChI is InChI=1S/C22H19ClO4S/c1-24-16-12-18(25-2)21(19(13-16)26-3)22(14-8-10-15(23)11-9-14)27-17-6-4-5-7-20(17)28-22/h4-13H,1-3H3. The fourth-order valence-electron chi connectivity index (χ4n) is 3.31. The number of ether oxygens (including phenoxy) is 4. The Morgan fingerprint density at radius 3 is 2.07 bits per heavy atom. The minimum Gasteiger partial charge on any atom is -0.496 e. The van der Waals surface area contributed by atoms with Crippen LogP contribution in [0.4, 0.5) is 0 Å². The van der Waals surface area contributed by atoms with Gasteiger partial charge >= 0.3 is 0 Å². The number of benzene rings is 3. The second kappa shape index (κ2) is 7.49. The molecule has 1 unspecified atom stereocenters. The summed E-state index contributed by atoms with van der Waals surface area (Å²) in [6.45, 7) is 0. The maximum atomic E-state index is 6.58. The van der Waals surface area contributed by atoms with Gasteiger partial charge < -0.3 is 18.9 Å². The lowest BCUT2D eigenvalue weighted by Crippen LogP contribution is -2.29. The fourth-order valence-corrected chi connectivity index (χ4v) is 4.79. The summed E-state index contributed by atoms with van der Waals surface area (Å²) in [5.74, 6) is 2.68. The van der Waals surface area contributed by atoms with Gasteiger partial charge in [-0.1, -0.05) is 47.6 Å². The van der Waals surface area contributed by atoms with Crippen LogP contribution < -0.4 is 18.9 Å². The van der Waals surface area contributed by atoms with Crippen LogP contribution in [0.5, 0.6) is 23.0 Å². The molecule has 4 nitrogen and oxygen atoms in total. The van der Waals surface area contributed by atoms with E-state index in [-0.39, 0.29) is 0 Å². The van der Waals surface area contributed by atoms with Crippen LogP contribution in [-0.4, -0.2) is 21.3 Å². The highest BCUT2D eigenvalue weighted by atomic mass is 35.5. The largest absolute Gasteiger partial charge is 0.496 e. The summed E-state index contributed by atoms with van der Waals surface area (Å²) in [6, 6.07) is 19.3. The third-order valence-electron chi connectivity index (χ3n) is 4.62. The van der Waals surface area contributed by atoms with Crippen molar-refractivity contribution in [1.29, 1.82) is 0 Å². The number of hydrogen-bond donors (Lipinski definition) is 0. The highest BCUT2D eigenvalue weighted by Gasteiger charge is 2.48.